The van der Waals surface area contributed by atoms with Gasteiger partial charge in [-0.2, -0.15) is 0 Å². The topological polar surface area (TPSA) is 81.1 Å². The molecule has 17 heavy (non-hydrogen) atoms. The minimum Gasteiger partial charge on any atom is -0.399 e. The summed E-state index contributed by atoms with van der Waals surface area (Å²) >= 11 is 0. The SMILES string of the molecule is CCCC1CC1Nc1cc(N)ccc1C(N)=O. The van der Waals surface area contributed by atoms with Gasteiger partial charge in [0.1, 0.15) is 0 Å². The van der Waals surface area contributed by atoms with Crippen molar-refractivity contribution in [3.63, 3.8) is 0 Å². The summed E-state index contributed by atoms with van der Waals surface area (Å²) in [5.41, 5.74) is 13.0. The molecule has 1 aromatic carbocycles. The van der Waals surface area contributed by atoms with E-state index in [0.717, 1.165) is 11.6 Å². The molecule has 1 fully saturated rings. The molecule has 2 atom stereocenters. The van der Waals surface area contributed by atoms with Crippen molar-refractivity contribution in [1.82, 2.24) is 0 Å². The molecule has 1 aliphatic carbocycles. The first-order valence-electron chi connectivity index (χ1n) is 6.07. The number of nitrogen functional groups attached to an aromatic ring is 1. The van der Waals surface area contributed by atoms with Crippen LogP contribution in [0, 0.1) is 5.92 Å². The highest BCUT2D eigenvalue weighted by molar-refractivity contribution is 5.99. The van der Waals surface area contributed by atoms with E-state index in [4.69, 9.17) is 11.5 Å². The third kappa shape index (κ3) is 2.70. The van der Waals surface area contributed by atoms with Crippen molar-refractivity contribution in [3.05, 3.63) is 23.8 Å². The molecule has 4 heteroatoms. The summed E-state index contributed by atoms with van der Waals surface area (Å²) in [4.78, 5) is 11.3. The standard InChI is InChI=1S/C13H19N3O/c1-2-3-8-6-11(8)16-12-7-9(14)4-5-10(12)13(15)17/h4-5,7-8,11,16H,2-3,6,14H2,1H3,(H2,15,17). The number of hydrogen-bond acceptors (Lipinski definition) is 3. The zero-order valence-electron chi connectivity index (χ0n) is 10.1. The van der Waals surface area contributed by atoms with Crippen molar-refractivity contribution >= 4 is 17.3 Å². The number of nitrogens with one attached hydrogen (secondary N) is 1. The molecule has 1 aromatic rings. The molecule has 0 aromatic heterocycles. The van der Waals surface area contributed by atoms with Crippen LogP contribution in [-0.4, -0.2) is 11.9 Å². The molecule has 0 heterocycles. The van der Waals surface area contributed by atoms with Gasteiger partial charge in [-0.05, 0) is 37.0 Å². The van der Waals surface area contributed by atoms with Crippen molar-refractivity contribution in [2.75, 3.05) is 11.1 Å². The van der Waals surface area contributed by atoms with Crippen LogP contribution in [0.2, 0.25) is 0 Å². The Balaban J connectivity index is 2.10. The maximum absolute atomic E-state index is 11.3. The Kier molecular flexibility index (Phi) is 3.22. The Labute approximate surface area is 101 Å². The molecular weight excluding hydrogens is 214 g/mol. The fourth-order valence-electron chi connectivity index (χ4n) is 2.21. The molecule has 0 spiro atoms. The summed E-state index contributed by atoms with van der Waals surface area (Å²) in [5, 5.41) is 3.36. The molecule has 0 saturated heterocycles. The molecule has 1 aliphatic rings. The van der Waals surface area contributed by atoms with Gasteiger partial charge in [-0.25, -0.2) is 0 Å². The van der Waals surface area contributed by atoms with E-state index in [0.29, 0.717) is 17.3 Å². The summed E-state index contributed by atoms with van der Waals surface area (Å²) < 4.78 is 0. The smallest absolute Gasteiger partial charge is 0.250 e. The van der Waals surface area contributed by atoms with Crippen LogP contribution in [0.3, 0.4) is 0 Å². The quantitative estimate of drug-likeness (QED) is 0.680. The van der Waals surface area contributed by atoms with Gasteiger partial charge < -0.3 is 16.8 Å². The summed E-state index contributed by atoms with van der Waals surface area (Å²) in [6.45, 7) is 2.19. The van der Waals surface area contributed by atoms with Gasteiger partial charge in [0, 0.05) is 17.4 Å². The predicted octanol–water partition coefficient (Wildman–Crippen LogP) is 1.97. The number of benzene rings is 1. The summed E-state index contributed by atoms with van der Waals surface area (Å²) in [6.07, 6.45) is 3.59. The molecule has 2 unspecified atom stereocenters. The number of nitrogens with two attached hydrogens (primary N) is 2. The van der Waals surface area contributed by atoms with Gasteiger partial charge in [-0.15, -0.1) is 0 Å². The van der Waals surface area contributed by atoms with Crippen LogP contribution in [0.4, 0.5) is 11.4 Å². The maximum Gasteiger partial charge on any atom is 0.250 e. The molecule has 0 radical (unpaired) electrons. The van der Waals surface area contributed by atoms with E-state index in [1.54, 1.807) is 18.2 Å². The Morgan fingerprint density at radius 1 is 1.53 bits per heavy atom. The van der Waals surface area contributed by atoms with Gasteiger partial charge in [0.25, 0.3) is 5.91 Å². The molecule has 92 valence electrons. The van der Waals surface area contributed by atoms with Crippen LogP contribution in [0.25, 0.3) is 0 Å². The monoisotopic (exact) mass is 233 g/mol. The number of primary amides is 1. The average molecular weight is 233 g/mol. The van der Waals surface area contributed by atoms with Crippen LogP contribution < -0.4 is 16.8 Å². The fourth-order valence-corrected chi connectivity index (χ4v) is 2.21. The zero-order valence-corrected chi connectivity index (χ0v) is 10.1. The van der Waals surface area contributed by atoms with E-state index < -0.39 is 5.91 Å². The lowest BCUT2D eigenvalue weighted by Gasteiger charge is -2.10. The molecular formula is C13H19N3O. The van der Waals surface area contributed by atoms with Crippen molar-refractivity contribution in [3.8, 4) is 0 Å². The summed E-state index contributed by atoms with van der Waals surface area (Å²) in [7, 11) is 0. The maximum atomic E-state index is 11.3. The van der Waals surface area contributed by atoms with Gasteiger partial charge in [0.2, 0.25) is 0 Å². The predicted molar refractivity (Wildman–Crippen MR) is 69.8 cm³/mol. The zero-order chi connectivity index (χ0) is 12.4. The normalized spacial score (nSPS) is 22.2. The van der Waals surface area contributed by atoms with E-state index in [9.17, 15) is 4.79 Å². The molecule has 5 N–H and O–H groups in total. The van der Waals surface area contributed by atoms with Crippen molar-refractivity contribution < 1.29 is 4.79 Å². The largest absolute Gasteiger partial charge is 0.399 e. The molecule has 2 rings (SSSR count). The minimum atomic E-state index is -0.416. The van der Waals surface area contributed by atoms with Crippen LogP contribution >= 0.6 is 0 Å². The highest BCUT2D eigenvalue weighted by Crippen LogP contribution is 2.38. The van der Waals surface area contributed by atoms with Crippen LogP contribution in [0.5, 0.6) is 0 Å². The van der Waals surface area contributed by atoms with Gasteiger partial charge in [0.15, 0.2) is 0 Å². The number of hydrogen-bond donors (Lipinski definition) is 3. The third-order valence-electron chi connectivity index (χ3n) is 3.23. The molecule has 1 amide bonds. The van der Waals surface area contributed by atoms with Gasteiger partial charge >= 0.3 is 0 Å². The number of amides is 1. The lowest BCUT2D eigenvalue weighted by Crippen LogP contribution is -2.16. The molecule has 0 aliphatic heterocycles. The second-order valence-corrected chi connectivity index (χ2v) is 4.70. The summed E-state index contributed by atoms with van der Waals surface area (Å²) in [6, 6.07) is 5.62. The van der Waals surface area contributed by atoms with E-state index >= 15 is 0 Å². The first-order chi connectivity index (χ1) is 8.11. The fraction of sp³-hybridized carbons (Fsp3) is 0.462. The Bertz CT molecular complexity index is 431. The lowest BCUT2D eigenvalue weighted by molar-refractivity contribution is 0.100. The van der Waals surface area contributed by atoms with Crippen LogP contribution in [-0.2, 0) is 0 Å². The second-order valence-electron chi connectivity index (χ2n) is 4.70. The van der Waals surface area contributed by atoms with Crippen LogP contribution in [0.1, 0.15) is 36.5 Å². The first kappa shape index (κ1) is 11.8. The van der Waals surface area contributed by atoms with Crippen molar-refractivity contribution in [2.24, 2.45) is 11.7 Å². The average Bonchev–Trinajstić information content (AvgIpc) is 2.96. The van der Waals surface area contributed by atoms with Crippen molar-refractivity contribution in [1.29, 1.82) is 0 Å². The minimum absolute atomic E-state index is 0.416. The molecule has 1 saturated carbocycles. The number of carbonyl (C=O) groups excluding carboxylic acids is 1. The highest BCUT2D eigenvalue weighted by Gasteiger charge is 2.36. The Hall–Kier alpha value is -1.71. The highest BCUT2D eigenvalue weighted by atomic mass is 16.1. The van der Waals surface area contributed by atoms with Gasteiger partial charge in [-0.1, -0.05) is 13.3 Å². The second kappa shape index (κ2) is 4.65. The van der Waals surface area contributed by atoms with Crippen LogP contribution in [0.15, 0.2) is 18.2 Å². The van der Waals surface area contributed by atoms with E-state index in [1.165, 1.54) is 19.3 Å². The van der Waals surface area contributed by atoms with Gasteiger partial charge in [0.05, 0.1) is 5.56 Å². The third-order valence-corrected chi connectivity index (χ3v) is 3.23. The van der Waals surface area contributed by atoms with E-state index in [2.05, 4.69) is 12.2 Å². The number of rotatable bonds is 5. The number of anilines is 2. The van der Waals surface area contributed by atoms with Crippen molar-refractivity contribution in [2.45, 2.75) is 32.2 Å². The first-order valence-corrected chi connectivity index (χ1v) is 6.07. The van der Waals surface area contributed by atoms with E-state index in [-0.39, 0.29) is 0 Å². The Morgan fingerprint density at radius 3 is 2.94 bits per heavy atom. The lowest BCUT2D eigenvalue weighted by atomic mass is 10.1. The number of carbonyl (C=O) groups is 1. The van der Waals surface area contributed by atoms with E-state index in [1.807, 2.05) is 0 Å². The summed E-state index contributed by atoms with van der Waals surface area (Å²) in [5.74, 6) is 0.308. The Morgan fingerprint density at radius 2 is 2.29 bits per heavy atom. The molecule has 0 bridgehead atoms. The molecule has 4 nitrogen and oxygen atoms in total. The van der Waals surface area contributed by atoms with Gasteiger partial charge in [-0.3, -0.25) is 4.79 Å².